The Morgan fingerprint density at radius 3 is 2.07 bits per heavy atom. The Morgan fingerprint density at radius 1 is 0.778 bits per heavy atom. The molecular weight excluding hydrogens is 352 g/mol. The number of para-hydroxylation sites is 2. The van der Waals surface area contributed by atoms with E-state index in [2.05, 4.69) is 30.3 Å². The van der Waals surface area contributed by atoms with Crippen molar-refractivity contribution < 1.29 is 9.36 Å². The van der Waals surface area contributed by atoms with E-state index in [-0.39, 0.29) is 12.5 Å². The summed E-state index contributed by atoms with van der Waals surface area (Å²) in [5.41, 5.74) is 1.90. The van der Waals surface area contributed by atoms with Gasteiger partial charge in [-0.25, -0.2) is 0 Å². The van der Waals surface area contributed by atoms with Crippen LogP contribution in [0.25, 0.3) is 10.8 Å². The van der Waals surface area contributed by atoms with Crippen molar-refractivity contribution in [3.63, 3.8) is 0 Å². The first-order chi connectivity index (χ1) is 13.3. The van der Waals surface area contributed by atoms with Crippen molar-refractivity contribution >= 4 is 39.8 Å². The van der Waals surface area contributed by atoms with Crippen molar-refractivity contribution in [2.75, 3.05) is 4.90 Å². The molecule has 130 valence electrons. The van der Waals surface area contributed by atoms with Crippen molar-refractivity contribution in [1.82, 2.24) is 0 Å². The average molecular weight is 369 g/mol. The van der Waals surface area contributed by atoms with Gasteiger partial charge in [0, 0.05) is 21.2 Å². The molecular formula is C23H17N2OS+. The second kappa shape index (κ2) is 6.56. The van der Waals surface area contributed by atoms with E-state index in [4.69, 9.17) is 0 Å². The van der Waals surface area contributed by atoms with Crippen LogP contribution in [0.5, 0.6) is 0 Å². The van der Waals surface area contributed by atoms with E-state index in [1.54, 1.807) is 11.8 Å². The Labute approximate surface area is 161 Å². The van der Waals surface area contributed by atoms with Gasteiger partial charge in [0.25, 0.3) is 5.91 Å². The monoisotopic (exact) mass is 369 g/mol. The maximum Gasteiger partial charge on any atom is 0.297 e. The van der Waals surface area contributed by atoms with Crippen LogP contribution in [0.3, 0.4) is 0 Å². The molecule has 4 aromatic rings. The molecule has 0 aliphatic carbocycles. The number of benzene rings is 3. The number of hydrogen-bond acceptors (Lipinski definition) is 2. The molecule has 0 bridgehead atoms. The van der Waals surface area contributed by atoms with E-state index >= 15 is 0 Å². The summed E-state index contributed by atoms with van der Waals surface area (Å²) in [6.45, 7) is 0.290. The third kappa shape index (κ3) is 2.88. The average Bonchev–Trinajstić information content (AvgIpc) is 2.71. The van der Waals surface area contributed by atoms with Crippen LogP contribution in [0.2, 0.25) is 0 Å². The lowest BCUT2D eigenvalue weighted by Crippen LogP contribution is -2.43. The highest BCUT2D eigenvalue weighted by atomic mass is 32.2. The lowest BCUT2D eigenvalue weighted by molar-refractivity contribution is -0.682. The van der Waals surface area contributed by atoms with Gasteiger partial charge < -0.3 is 0 Å². The minimum Gasteiger partial charge on any atom is -0.273 e. The number of pyridine rings is 1. The van der Waals surface area contributed by atoms with Gasteiger partial charge in [0.15, 0.2) is 12.4 Å². The number of carbonyl (C=O) groups is 1. The number of fused-ring (bicyclic) bond motifs is 3. The Kier molecular flexibility index (Phi) is 3.91. The zero-order chi connectivity index (χ0) is 18.2. The molecule has 0 unspecified atom stereocenters. The summed E-state index contributed by atoms with van der Waals surface area (Å²) >= 11 is 1.71. The number of amides is 1. The Morgan fingerprint density at radius 2 is 1.37 bits per heavy atom. The quantitative estimate of drug-likeness (QED) is 0.467. The molecule has 1 aliphatic rings. The predicted octanol–water partition coefficient (Wildman–Crippen LogP) is 4.96. The van der Waals surface area contributed by atoms with E-state index in [1.165, 1.54) is 5.39 Å². The van der Waals surface area contributed by atoms with Gasteiger partial charge in [-0.1, -0.05) is 54.2 Å². The smallest absolute Gasteiger partial charge is 0.273 e. The zero-order valence-electron chi connectivity index (χ0n) is 14.6. The molecule has 1 amide bonds. The van der Waals surface area contributed by atoms with E-state index in [0.717, 1.165) is 26.6 Å². The molecule has 0 atom stereocenters. The third-order valence-electron chi connectivity index (χ3n) is 4.75. The molecule has 1 aromatic heterocycles. The van der Waals surface area contributed by atoms with Crippen LogP contribution in [0.1, 0.15) is 0 Å². The van der Waals surface area contributed by atoms with E-state index < -0.39 is 0 Å². The molecule has 5 rings (SSSR count). The molecule has 0 radical (unpaired) electrons. The lowest BCUT2D eigenvalue weighted by atomic mass is 10.2. The van der Waals surface area contributed by atoms with E-state index in [9.17, 15) is 4.79 Å². The predicted molar refractivity (Wildman–Crippen MR) is 108 cm³/mol. The molecule has 0 spiro atoms. The van der Waals surface area contributed by atoms with Gasteiger partial charge in [0.05, 0.1) is 11.4 Å². The minimum atomic E-state index is 0.0514. The molecule has 3 nitrogen and oxygen atoms in total. The van der Waals surface area contributed by atoms with Gasteiger partial charge in [-0.3, -0.25) is 9.69 Å². The summed E-state index contributed by atoms with van der Waals surface area (Å²) in [4.78, 5) is 17.4. The minimum absolute atomic E-state index is 0.0514. The van der Waals surface area contributed by atoms with Crippen LogP contribution in [0, 0.1) is 0 Å². The maximum absolute atomic E-state index is 13.3. The van der Waals surface area contributed by atoms with Gasteiger partial charge >= 0.3 is 0 Å². The number of carbonyl (C=O) groups excluding carboxylic acids is 1. The number of aromatic nitrogens is 1. The maximum atomic E-state index is 13.3. The molecule has 3 aromatic carbocycles. The summed E-state index contributed by atoms with van der Waals surface area (Å²) in [5.74, 6) is 0.0514. The van der Waals surface area contributed by atoms with Crippen LogP contribution in [-0.2, 0) is 11.3 Å². The zero-order valence-corrected chi connectivity index (χ0v) is 15.4. The standard InChI is InChI=1S/C23H17N2OS/c26-23(16-24-14-13-17-7-1-2-8-18(17)15-24)25-19-9-3-5-11-21(19)27-22-12-6-4-10-20(22)25/h1-15H,16H2/q+1. The molecule has 0 fully saturated rings. The summed E-state index contributed by atoms with van der Waals surface area (Å²) in [7, 11) is 0. The lowest BCUT2D eigenvalue weighted by Gasteiger charge is -2.30. The van der Waals surface area contributed by atoms with Crippen LogP contribution in [0.15, 0.2) is 101 Å². The second-order valence-electron chi connectivity index (χ2n) is 6.51. The van der Waals surface area contributed by atoms with Crippen molar-refractivity contribution in [3.8, 4) is 0 Å². The van der Waals surface area contributed by atoms with Crippen molar-refractivity contribution in [2.45, 2.75) is 16.3 Å². The summed E-state index contributed by atoms with van der Waals surface area (Å²) in [5, 5.41) is 2.30. The number of rotatable bonds is 2. The summed E-state index contributed by atoms with van der Waals surface area (Å²) < 4.78 is 1.96. The van der Waals surface area contributed by atoms with Crippen LogP contribution >= 0.6 is 11.8 Å². The van der Waals surface area contributed by atoms with Gasteiger partial charge in [-0.15, -0.1) is 0 Å². The van der Waals surface area contributed by atoms with Crippen LogP contribution in [-0.4, -0.2) is 5.91 Å². The fraction of sp³-hybridized carbons (Fsp3) is 0.0435. The second-order valence-corrected chi connectivity index (χ2v) is 7.60. The molecule has 1 aliphatic heterocycles. The topological polar surface area (TPSA) is 24.2 Å². The first kappa shape index (κ1) is 16.1. The molecule has 27 heavy (non-hydrogen) atoms. The van der Waals surface area contributed by atoms with Crippen molar-refractivity contribution in [1.29, 1.82) is 0 Å². The summed E-state index contributed by atoms with van der Waals surface area (Å²) in [6, 6.07) is 26.4. The highest BCUT2D eigenvalue weighted by Gasteiger charge is 2.29. The van der Waals surface area contributed by atoms with Gasteiger partial charge in [-0.2, -0.15) is 4.57 Å². The SMILES string of the molecule is O=C(C[n+]1ccc2ccccc2c1)N1c2ccccc2Sc2ccccc21. The first-order valence-corrected chi connectivity index (χ1v) is 9.68. The fourth-order valence-corrected chi connectivity index (χ4v) is 4.53. The molecule has 0 saturated carbocycles. The molecule has 4 heteroatoms. The van der Waals surface area contributed by atoms with Crippen LogP contribution < -0.4 is 9.47 Å². The van der Waals surface area contributed by atoms with Crippen molar-refractivity contribution in [3.05, 3.63) is 91.3 Å². The summed E-state index contributed by atoms with van der Waals surface area (Å²) in [6.07, 6.45) is 4.00. The number of anilines is 2. The highest BCUT2D eigenvalue weighted by Crippen LogP contribution is 2.47. The van der Waals surface area contributed by atoms with Gasteiger partial charge in [0.1, 0.15) is 0 Å². The van der Waals surface area contributed by atoms with Crippen molar-refractivity contribution in [2.24, 2.45) is 0 Å². The molecule has 0 saturated heterocycles. The Balaban J connectivity index is 1.54. The van der Waals surface area contributed by atoms with Crippen LogP contribution in [0.4, 0.5) is 11.4 Å². The van der Waals surface area contributed by atoms with Gasteiger partial charge in [-0.05, 0) is 35.7 Å². The highest BCUT2D eigenvalue weighted by molar-refractivity contribution is 7.99. The first-order valence-electron chi connectivity index (χ1n) is 8.86. The fourth-order valence-electron chi connectivity index (χ4n) is 3.48. The number of hydrogen-bond donors (Lipinski definition) is 0. The van der Waals surface area contributed by atoms with Gasteiger partial charge in [0.2, 0.25) is 6.54 Å². The van der Waals surface area contributed by atoms with E-state index in [0.29, 0.717) is 0 Å². The molecule has 0 N–H and O–H groups in total. The Bertz CT molecular complexity index is 1130. The number of nitrogens with zero attached hydrogens (tertiary/aromatic N) is 2. The normalized spacial score (nSPS) is 12.5. The third-order valence-corrected chi connectivity index (χ3v) is 5.88. The molecule has 2 heterocycles. The van der Waals surface area contributed by atoms with E-state index in [1.807, 2.05) is 70.4 Å². The largest absolute Gasteiger partial charge is 0.297 e. The Hall–Kier alpha value is -3.11.